The highest BCUT2D eigenvalue weighted by atomic mass is 31.0. The molecule has 9 N–H and O–H groups in total. The number of hydrogen-bond donors (Lipinski definition) is 6. The molecule has 0 radical (unpaired) electrons. The van der Waals surface area contributed by atoms with Crippen LogP contribution < -0.4 is 28.2 Å². The van der Waals surface area contributed by atoms with E-state index in [0.717, 1.165) is 4.57 Å². The monoisotopic (exact) mass is 653 g/mol. The maximum Gasteiger partial charge on any atom is 0.404 e. The second-order valence-corrected chi connectivity index (χ2v) is 13.0. The first kappa shape index (κ1) is 32.9. The summed E-state index contributed by atoms with van der Waals surface area (Å²) >= 11 is 0. The number of piperazine rings is 1. The molecule has 1 aromatic heterocycles. The number of anilines is 1. The van der Waals surface area contributed by atoms with Crippen molar-refractivity contribution >= 4 is 32.7 Å². The topological polar surface area (TPSA) is 257 Å². The average Bonchev–Trinajstić information content (AvgIpc) is 3.55. The number of nitrogen functional groups attached to an aromatic ring is 1. The highest BCUT2D eigenvalue weighted by Crippen LogP contribution is 2.59. The van der Waals surface area contributed by atoms with Crippen molar-refractivity contribution in [2.24, 2.45) is 17.4 Å². The van der Waals surface area contributed by atoms with Crippen LogP contribution in [0.25, 0.3) is 0 Å². The van der Waals surface area contributed by atoms with Gasteiger partial charge in [0.2, 0.25) is 17.0 Å². The van der Waals surface area contributed by atoms with Gasteiger partial charge >= 0.3 is 11.8 Å². The first-order valence-corrected chi connectivity index (χ1v) is 14.5. The van der Waals surface area contributed by atoms with Crippen molar-refractivity contribution in [3.63, 3.8) is 0 Å². The molecule has 1 amide bonds. The van der Waals surface area contributed by atoms with Crippen LogP contribution >= 0.6 is 9.24 Å². The molecule has 16 nitrogen and oxygen atoms in total. The second kappa shape index (κ2) is 10.3. The van der Waals surface area contributed by atoms with Gasteiger partial charge in [0.25, 0.3) is 0 Å². The number of hydrogen-bond acceptors (Lipinski definition) is 14. The average molecular weight is 654 g/mol. The molecule has 0 aromatic carbocycles. The van der Waals surface area contributed by atoms with Gasteiger partial charge in [0.1, 0.15) is 23.6 Å². The van der Waals surface area contributed by atoms with Gasteiger partial charge < -0.3 is 51.8 Å². The first-order valence-electron chi connectivity index (χ1n) is 13.9. The van der Waals surface area contributed by atoms with Crippen LogP contribution in [0.2, 0.25) is 0 Å². The number of aliphatic hydroxyl groups excluding tert-OH is 1. The van der Waals surface area contributed by atoms with Crippen LogP contribution in [0.4, 0.5) is 15.0 Å². The van der Waals surface area contributed by atoms with E-state index in [2.05, 4.69) is 10.3 Å². The number of primary amides is 1. The van der Waals surface area contributed by atoms with E-state index in [0.29, 0.717) is 12.2 Å². The summed E-state index contributed by atoms with van der Waals surface area (Å²) in [7, 11) is 3.39. The quantitative estimate of drug-likeness (QED) is 0.113. The lowest BCUT2D eigenvalue weighted by atomic mass is 9.82. The largest absolute Gasteiger partial charge is 0.449 e. The normalized spacial score (nSPS) is 39.8. The number of ether oxygens (including phenoxy) is 3. The molecule has 1 aromatic rings. The van der Waals surface area contributed by atoms with Gasteiger partial charge in [-0.05, 0) is 33.8 Å². The molecule has 5 heterocycles. The summed E-state index contributed by atoms with van der Waals surface area (Å²) in [6.07, 6.45) is 0.289. The number of aromatic nitrogens is 2. The minimum atomic E-state index is -2.46. The SMILES string of the molecule is CC1(n2ccc(N)nc2=O)OC(C)(CO)[C@](C)(O)C1(F)P.COC12C(COC(N)=O)C3=C(C(=O)C(C)=C(N)C3=O)N1CC1NC12. The molecule has 5 aliphatic rings. The molecule has 18 heteroatoms. The number of nitrogens with one attached hydrogen (secondary N) is 1. The Labute approximate surface area is 258 Å². The maximum atomic E-state index is 15.3. The van der Waals surface area contributed by atoms with Crippen LogP contribution in [-0.2, 0) is 29.5 Å². The van der Waals surface area contributed by atoms with Gasteiger partial charge in [-0.25, -0.2) is 14.0 Å². The van der Waals surface area contributed by atoms with Crippen molar-refractivity contribution in [1.29, 1.82) is 0 Å². The van der Waals surface area contributed by atoms with Gasteiger partial charge in [0.15, 0.2) is 11.4 Å². The number of aliphatic hydroxyl groups is 2. The minimum absolute atomic E-state index is 0.0114. The molecular formula is C27H37FN7O9P. The van der Waals surface area contributed by atoms with Gasteiger partial charge in [-0.2, -0.15) is 4.98 Å². The maximum absolute atomic E-state index is 15.3. The molecule has 3 fully saturated rings. The number of amides is 1. The minimum Gasteiger partial charge on any atom is -0.449 e. The van der Waals surface area contributed by atoms with E-state index in [1.54, 1.807) is 0 Å². The summed E-state index contributed by atoms with van der Waals surface area (Å²) in [5.74, 6) is -1.35. The lowest BCUT2D eigenvalue weighted by Crippen LogP contribution is -2.59. The summed E-state index contributed by atoms with van der Waals surface area (Å²) in [6, 6.07) is 1.43. The zero-order chi connectivity index (χ0) is 33.7. The molecule has 8 unspecified atom stereocenters. The van der Waals surface area contributed by atoms with Crippen molar-refractivity contribution in [1.82, 2.24) is 19.8 Å². The van der Waals surface area contributed by atoms with Crippen LogP contribution in [0.5, 0.6) is 0 Å². The molecule has 0 bridgehead atoms. The Bertz CT molecular complexity index is 1630. The number of alkyl halides is 1. The number of rotatable bonds is 5. The van der Waals surface area contributed by atoms with Gasteiger partial charge in [0, 0.05) is 37.0 Å². The van der Waals surface area contributed by atoms with Gasteiger partial charge in [-0.1, -0.05) is 9.24 Å². The van der Waals surface area contributed by atoms with Crippen LogP contribution in [0.15, 0.2) is 39.6 Å². The molecule has 246 valence electrons. The van der Waals surface area contributed by atoms with E-state index in [9.17, 15) is 29.4 Å². The molecule has 1 aliphatic carbocycles. The Kier molecular flexibility index (Phi) is 7.51. The van der Waals surface area contributed by atoms with Crippen LogP contribution in [0.3, 0.4) is 0 Å². The lowest BCUT2D eigenvalue weighted by molar-refractivity contribution is -0.181. The predicted octanol–water partition coefficient (Wildman–Crippen LogP) is -2.08. The van der Waals surface area contributed by atoms with Crippen LogP contribution in [-0.4, -0.2) is 104 Å². The number of carbonyl (C=O) groups is 3. The number of halogens is 1. The number of nitrogens with two attached hydrogens (primary N) is 3. The van der Waals surface area contributed by atoms with Crippen molar-refractivity contribution in [3.05, 3.63) is 45.3 Å². The molecule has 0 saturated carbocycles. The zero-order valence-corrected chi connectivity index (χ0v) is 26.4. The van der Waals surface area contributed by atoms with Crippen molar-refractivity contribution in [2.75, 3.05) is 32.6 Å². The Morgan fingerprint density at radius 2 is 1.91 bits per heavy atom. The fraction of sp³-hybridized carbons (Fsp3) is 0.593. The second-order valence-electron chi connectivity index (χ2n) is 12.2. The smallest absolute Gasteiger partial charge is 0.404 e. The summed E-state index contributed by atoms with van der Waals surface area (Å²) in [5.41, 5.74) is 9.69. The number of methoxy groups -OCH3 is 1. The number of fused-ring (bicyclic) bond motifs is 4. The number of carbonyl (C=O) groups excluding carboxylic acids is 3. The fourth-order valence-corrected chi connectivity index (χ4v) is 7.41. The Morgan fingerprint density at radius 1 is 1.27 bits per heavy atom. The molecule has 3 saturated heterocycles. The van der Waals surface area contributed by atoms with E-state index in [1.807, 2.05) is 14.1 Å². The first-order chi connectivity index (χ1) is 20.8. The standard InChI is InChI=1S/C15H18N4O5.C12H19FN3O4P/c1-5-9(16)12(21)8-6(4-24-14(17)22)15(23-2)13-7(18-13)3-19(15)10(8)11(5)20;1-9(6-17)10(2,19)12(13,21)11(3,20-9)16-5-4-7(14)15-8(16)18/h6-7,13,18H,3-4,16H2,1-2H3,(H2,17,22);4-5,17,19H,6,21H2,1-3H3,(H2,14,15,18)/t;9?,10-,11?,12?/m.0/s1. The van der Waals surface area contributed by atoms with E-state index in [4.69, 9.17) is 31.4 Å². The fourth-order valence-electron chi connectivity index (χ4n) is 6.91. The van der Waals surface area contributed by atoms with E-state index >= 15 is 4.39 Å². The predicted molar refractivity (Wildman–Crippen MR) is 157 cm³/mol. The summed E-state index contributed by atoms with van der Waals surface area (Å²) in [4.78, 5) is 54.0. The van der Waals surface area contributed by atoms with Crippen molar-refractivity contribution in [2.45, 2.75) is 67.8 Å². The summed E-state index contributed by atoms with van der Waals surface area (Å²) in [6.45, 7) is 5.16. The Hall–Kier alpha value is -3.47. The number of Topliss-reactive ketones (excluding diaryl/α,β-unsaturated/α-hetero) is 2. The third kappa shape index (κ3) is 4.21. The molecule has 9 atom stereocenters. The van der Waals surface area contributed by atoms with Gasteiger partial charge in [-0.15, -0.1) is 0 Å². The van der Waals surface area contributed by atoms with E-state index < -0.39 is 58.2 Å². The van der Waals surface area contributed by atoms with E-state index in [-0.39, 0.29) is 47.1 Å². The highest BCUT2D eigenvalue weighted by Gasteiger charge is 2.75. The van der Waals surface area contributed by atoms with Crippen molar-refractivity contribution < 1.29 is 43.2 Å². The van der Waals surface area contributed by atoms with Gasteiger partial charge in [0.05, 0.1) is 30.0 Å². The molecule has 0 spiro atoms. The lowest BCUT2D eigenvalue weighted by Gasteiger charge is -2.39. The van der Waals surface area contributed by atoms with Crippen LogP contribution in [0, 0.1) is 5.92 Å². The Morgan fingerprint density at radius 3 is 2.44 bits per heavy atom. The summed E-state index contributed by atoms with van der Waals surface area (Å²) < 4.78 is 32.6. The summed E-state index contributed by atoms with van der Waals surface area (Å²) in [5, 5.41) is 20.9. The number of nitrogens with zero attached hydrogens (tertiary/aromatic N) is 3. The highest BCUT2D eigenvalue weighted by molar-refractivity contribution is 7.19. The van der Waals surface area contributed by atoms with Gasteiger partial charge in [-0.3, -0.25) is 14.2 Å². The molecular weight excluding hydrogens is 616 g/mol. The van der Waals surface area contributed by atoms with Crippen molar-refractivity contribution in [3.8, 4) is 0 Å². The molecule has 4 aliphatic heterocycles. The van der Waals surface area contributed by atoms with Crippen LogP contribution in [0.1, 0.15) is 27.7 Å². The molecule has 6 rings (SSSR count). The van der Waals surface area contributed by atoms with E-state index in [1.165, 1.54) is 47.1 Å². The Balaban J connectivity index is 0.000000180. The number of allylic oxidation sites excluding steroid dienone is 2. The number of ketones is 2. The third-order valence-electron chi connectivity index (χ3n) is 9.90. The zero-order valence-electron chi connectivity index (χ0n) is 25.3. The third-order valence-corrected chi connectivity index (χ3v) is 11.0. The molecule has 45 heavy (non-hydrogen) atoms.